The summed E-state index contributed by atoms with van der Waals surface area (Å²) in [6, 6.07) is 59.3. The van der Waals surface area contributed by atoms with Crippen LogP contribution in [0.4, 0.5) is 11.4 Å². The Morgan fingerprint density at radius 3 is 1.94 bits per heavy atom. The van der Waals surface area contributed by atoms with E-state index >= 15 is 0 Å². The van der Waals surface area contributed by atoms with Gasteiger partial charge in [-0.1, -0.05) is 198 Å². The molecule has 3 heterocycles. The molecular formula is C60H51N5. The molecule has 9 aromatic rings. The summed E-state index contributed by atoms with van der Waals surface area (Å²) in [4.78, 5) is 18.3. The summed E-state index contributed by atoms with van der Waals surface area (Å²) in [6.07, 6.45) is 10.3. The Morgan fingerprint density at radius 2 is 1.18 bits per heavy atom. The molecule has 2 aliphatic carbocycles. The molecule has 5 nitrogen and oxygen atoms in total. The molecule has 3 unspecified atom stereocenters. The van der Waals surface area contributed by atoms with E-state index in [1.54, 1.807) is 0 Å². The van der Waals surface area contributed by atoms with Gasteiger partial charge in [-0.2, -0.15) is 9.97 Å². The maximum Gasteiger partial charge on any atom is 0.238 e. The summed E-state index contributed by atoms with van der Waals surface area (Å²) < 4.78 is 2.29. The van der Waals surface area contributed by atoms with E-state index in [0.29, 0.717) is 23.5 Å². The lowest BCUT2D eigenvalue weighted by molar-refractivity contribution is 0.234. The van der Waals surface area contributed by atoms with Crippen LogP contribution in [0, 0.1) is 5.92 Å². The molecule has 0 radical (unpaired) electrons. The van der Waals surface area contributed by atoms with Crippen molar-refractivity contribution < 1.29 is 0 Å². The van der Waals surface area contributed by atoms with Crippen LogP contribution >= 0.6 is 0 Å². The monoisotopic (exact) mass is 841 g/mol. The number of nitrogens with zero attached hydrogens (tertiary/aromatic N) is 5. The summed E-state index contributed by atoms with van der Waals surface area (Å²) in [6.45, 7) is 12.2. The summed E-state index contributed by atoms with van der Waals surface area (Å²) >= 11 is 0. The summed E-state index contributed by atoms with van der Waals surface area (Å²) in [5, 5.41) is 2.32. The van der Waals surface area contributed by atoms with Gasteiger partial charge in [0.05, 0.1) is 22.8 Å². The van der Waals surface area contributed by atoms with Crippen LogP contribution in [-0.4, -0.2) is 25.6 Å². The molecule has 0 saturated heterocycles. The van der Waals surface area contributed by atoms with Crippen molar-refractivity contribution in [2.45, 2.75) is 63.8 Å². The van der Waals surface area contributed by atoms with Gasteiger partial charge in [-0.05, 0) is 86.4 Å². The first-order valence-corrected chi connectivity index (χ1v) is 23.1. The van der Waals surface area contributed by atoms with E-state index in [0.717, 1.165) is 45.0 Å². The van der Waals surface area contributed by atoms with Gasteiger partial charge in [-0.15, -0.1) is 0 Å². The zero-order valence-electron chi connectivity index (χ0n) is 37.6. The van der Waals surface area contributed by atoms with E-state index in [-0.39, 0.29) is 22.8 Å². The second kappa shape index (κ2) is 14.9. The highest BCUT2D eigenvalue weighted by Gasteiger charge is 2.43. The van der Waals surface area contributed by atoms with Crippen molar-refractivity contribution in [3.05, 3.63) is 205 Å². The number of rotatable bonds is 6. The van der Waals surface area contributed by atoms with Crippen molar-refractivity contribution in [2.24, 2.45) is 5.92 Å². The van der Waals surface area contributed by atoms with Gasteiger partial charge >= 0.3 is 0 Å². The average molecular weight is 842 g/mol. The minimum absolute atomic E-state index is 0.0692. The fourth-order valence-corrected chi connectivity index (χ4v) is 11.4. The highest BCUT2D eigenvalue weighted by atomic mass is 15.2. The number of fused-ring (bicyclic) bond motifs is 8. The molecule has 0 amide bonds. The maximum absolute atomic E-state index is 5.31. The van der Waals surface area contributed by atoms with E-state index in [2.05, 4.69) is 196 Å². The Kier molecular flexibility index (Phi) is 8.97. The van der Waals surface area contributed by atoms with Crippen LogP contribution in [0.25, 0.3) is 72.8 Å². The molecule has 7 aromatic carbocycles. The normalized spacial score (nSPS) is 19.0. The highest BCUT2D eigenvalue weighted by Crippen LogP contribution is 2.54. The summed E-state index contributed by atoms with van der Waals surface area (Å²) in [7, 11) is 0. The average Bonchev–Trinajstić information content (AvgIpc) is 3.87. The Bertz CT molecular complexity index is 3330. The van der Waals surface area contributed by atoms with E-state index in [1.165, 1.54) is 44.6 Å². The Labute approximate surface area is 381 Å². The number of allylic oxidation sites excluding steroid dienone is 2. The Balaban J connectivity index is 1.05. The van der Waals surface area contributed by atoms with Crippen molar-refractivity contribution in [1.29, 1.82) is 0 Å². The smallest absolute Gasteiger partial charge is 0.238 e. The number of hydrogen-bond donors (Lipinski definition) is 0. The van der Waals surface area contributed by atoms with Crippen LogP contribution in [0.5, 0.6) is 0 Å². The van der Waals surface area contributed by atoms with Crippen molar-refractivity contribution in [2.75, 3.05) is 4.90 Å². The lowest BCUT2D eigenvalue weighted by atomic mass is 9.57. The molecule has 0 fully saturated rings. The van der Waals surface area contributed by atoms with Crippen molar-refractivity contribution in [3.8, 4) is 51.0 Å². The molecule has 0 spiro atoms. The first-order chi connectivity index (χ1) is 31.7. The Morgan fingerprint density at radius 1 is 0.554 bits per heavy atom. The van der Waals surface area contributed by atoms with Gasteiger partial charge in [0, 0.05) is 33.5 Å². The van der Waals surface area contributed by atoms with Crippen LogP contribution in [-0.2, 0) is 10.8 Å². The second-order valence-corrected chi connectivity index (χ2v) is 19.5. The van der Waals surface area contributed by atoms with Gasteiger partial charge in [0.15, 0.2) is 11.6 Å². The van der Waals surface area contributed by atoms with Crippen LogP contribution in [0.1, 0.15) is 63.6 Å². The number of para-hydroxylation sites is 1. The van der Waals surface area contributed by atoms with Gasteiger partial charge in [0.2, 0.25) is 5.95 Å². The van der Waals surface area contributed by atoms with E-state index in [1.807, 2.05) is 36.4 Å². The molecule has 1 aliphatic heterocycles. The van der Waals surface area contributed by atoms with Crippen LogP contribution in [0.3, 0.4) is 0 Å². The zero-order chi connectivity index (χ0) is 44.0. The Hall–Kier alpha value is -7.37. The molecule has 65 heavy (non-hydrogen) atoms. The number of hydrogen-bond acceptors (Lipinski definition) is 4. The minimum atomic E-state index is 0.0692. The first kappa shape index (κ1) is 39.2. The van der Waals surface area contributed by atoms with Crippen molar-refractivity contribution in [3.63, 3.8) is 0 Å². The topological polar surface area (TPSA) is 46.8 Å². The molecule has 0 bridgehead atoms. The molecule has 3 aliphatic rings. The van der Waals surface area contributed by atoms with Crippen molar-refractivity contribution >= 4 is 33.2 Å². The predicted octanol–water partition coefficient (Wildman–Crippen LogP) is 15.0. The quantitative estimate of drug-likeness (QED) is 0.167. The third-order valence-electron chi connectivity index (χ3n) is 14.8. The number of benzene rings is 7. The molecular weight excluding hydrogens is 791 g/mol. The summed E-state index contributed by atoms with van der Waals surface area (Å²) in [5.74, 6) is 2.62. The maximum atomic E-state index is 5.31. The molecule has 2 aromatic heterocycles. The fourth-order valence-electron chi connectivity index (χ4n) is 11.4. The second-order valence-electron chi connectivity index (χ2n) is 19.5. The minimum Gasteiger partial charge on any atom is -0.332 e. The molecule has 3 atom stereocenters. The molecule has 316 valence electrons. The standard InChI is InChI=1S/C60H51N5/c1-38-37-59(2,3)53-45(29-18-30-50(53)60(38,4)5)43-25-16-23-41(35-43)42-24-17-26-44(36-42)64-51-31-14-12-27-46(51)48-33-34-49-47-28-13-15-32-52(47)65(55(49)54(48)64)58-62-56(39-19-8-6-9-20-39)61-57(63-58)40-21-10-7-11-22-40/h6-36,38,46,51H,37H2,1-5H3. The lowest BCUT2D eigenvalue weighted by Crippen LogP contribution is -2.40. The van der Waals surface area contributed by atoms with Crippen LogP contribution < -0.4 is 4.90 Å². The third-order valence-corrected chi connectivity index (χ3v) is 14.8. The van der Waals surface area contributed by atoms with Crippen molar-refractivity contribution in [1.82, 2.24) is 19.5 Å². The van der Waals surface area contributed by atoms with Gasteiger partial charge < -0.3 is 4.90 Å². The van der Waals surface area contributed by atoms with E-state index in [4.69, 9.17) is 15.0 Å². The molecule has 0 saturated carbocycles. The first-order valence-electron chi connectivity index (χ1n) is 23.1. The predicted molar refractivity (Wildman–Crippen MR) is 269 cm³/mol. The summed E-state index contributed by atoms with van der Waals surface area (Å²) in [5.41, 5.74) is 15.8. The number of anilines is 2. The molecule has 12 rings (SSSR count). The van der Waals surface area contributed by atoms with Gasteiger partial charge in [0.1, 0.15) is 0 Å². The van der Waals surface area contributed by atoms with E-state index in [9.17, 15) is 0 Å². The SMILES string of the molecule is CC1CC(C)(C)c2c(-c3cccc(-c4cccc(N5c6c(ccc7c8ccccc8n(-c8nc(-c9ccccc9)nc(-c9ccccc9)n8)c67)C6C=CC=CC65)c4)c3)cccc2C1(C)C. The fraction of sp³-hybridized carbons (Fsp3) is 0.183. The lowest BCUT2D eigenvalue weighted by Gasteiger charge is -2.47. The molecule has 5 heteroatoms. The molecule has 0 N–H and O–H groups in total. The van der Waals surface area contributed by atoms with Gasteiger partial charge in [-0.25, -0.2) is 4.98 Å². The van der Waals surface area contributed by atoms with E-state index < -0.39 is 0 Å². The highest BCUT2D eigenvalue weighted by molar-refractivity contribution is 6.15. The van der Waals surface area contributed by atoms with Crippen LogP contribution in [0.2, 0.25) is 0 Å². The number of aromatic nitrogens is 4. The van der Waals surface area contributed by atoms with Gasteiger partial charge in [0.25, 0.3) is 0 Å². The zero-order valence-corrected chi connectivity index (χ0v) is 37.6. The van der Waals surface area contributed by atoms with Crippen LogP contribution in [0.15, 0.2) is 188 Å². The van der Waals surface area contributed by atoms with Gasteiger partial charge in [-0.3, -0.25) is 4.57 Å². The third kappa shape index (κ3) is 6.24. The largest absolute Gasteiger partial charge is 0.332 e.